The zero-order valence-electron chi connectivity index (χ0n) is 14.4. The van der Waals surface area contributed by atoms with Gasteiger partial charge in [0, 0.05) is 10.9 Å². The van der Waals surface area contributed by atoms with Gasteiger partial charge < -0.3 is 4.90 Å². The van der Waals surface area contributed by atoms with Crippen molar-refractivity contribution in [2.24, 2.45) is 0 Å². The van der Waals surface area contributed by atoms with E-state index in [2.05, 4.69) is 11.8 Å². The molecule has 1 atom stereocenters. The van der Waals surface area contributed by atoms with E-state index in [1.165, 1.54) is 0 Å². The summed E-state index contributed by atoms with van der Waals surface area (Å²) in [6, 6.07) is 5.71. The summed E-state index contributed by atoms with van der Waals surface area (Å²) in [4.78, 5) is 2.44. The highest BCUT2D eigenvalue weighted by Crippen LogP contribution is 2.37. The van der Waals surface area contributed by atoms with Gasteiger partial charge in [0.15, 0.2) is 0 Å². The summed E-state index contributed by atoms with van der Waals surface area (Å²) in [7, 11) is 4.07. The van der Waals surface area contributed by atoms with Crippen molar-refractivity contribution in [2.75, 3.05) is 14.1 Å². The van der Waals surface area contributed by atoms with Gasteiger partial charge in [0.2, 0.25) is 0 Å². The highest BCUT2D eigenvalue weighted by molar-refractivity contribution is 8.00. The number of benzene rings is 1. The lowest BCUT2D eigenvalue weighted by molar-refractivity contribution is -0.0328. The van der Waals surface area contributed by atoms with E-state index in [9.17, 15) is 13.2 Å². The summed E-state index contributed by atoms with van der Waals surface area (Å²) < 4.78 is 37.2. The monoisotopic (exact) mass is 335 g/mol. The largest absolute Gasteiger partial charge is 0.446 e. The zero-order chi connectivity index (χ0) is 17.3. The van der Waals surface area contributed by atoms with Gasteiger partial charge in [0.05, 0.1) is 0 Å². The second-order valence-corrected chi connectivity index (χ2v) is 6.55. The minimum Gasteiger partial charge on any atom is -0.307 e. The summed E-state index contributed by atoms with van der Waals surface area (Å²) in [6.45, 7) is 7.99. The number of alkyl halides is 3. The van der Waals surface area contributed by atoms with E-state index in [0.717, 1.165) is 30.4 Å². The highest BCUT2D eigenvalue weighted by atomic mass is 32.2. The molecular formula is C17H28F3NS. The highest BCUT2D eigenvalue weighted by Gasteiger charge is 2.29. The number of aryl methyl sites for hydroxylation is 2. The summed E-state index contributed by atoms with van der Waals surface area (Å²) in [6.07, 6.45) is 2.85. The molecule has 0 bridgehead atoms. The molecule has 0 aliphatic carbocycles. The third kappa shape index (κ3) is 9.36. The SMILES string of the molecule is CC.Cc1cc(CCC[C@H](C)N(C)C)cc(SC(F)(F)F)c1. The van der Waals surface area contributed by atoms with Gasteiger partial charge in [-0.25, -0.2) is 0 Å². The van der Waals surface area contributed by atoms with Gasteiger partial charge in [-0.3, -0.25) is 0 Å². The second kappa shape index (κ2) is 10.2. The zero-order valence-corrected chi connectivity index (χ0v) is 15.2. The fourth-order valence-corrected chi connectivity index (χ4v) is 2.74. The van der Waals surface area contributed by atoms with E-state index >= 15 is 0 Å². The molecule has 0 saturated heterocycles. The summed E-state index contributed by atoms with van der Waals surface area (Å²) in [5.74, 6) is 0. The third-order valence-electron chi connectivity index (χ3n) is 3.31. The van der Waals surface area contributed by atoms with Crippen molar-refractivity contribution >= 4 is 11.8 Å². The minimum absolute atomic E-state index is 0.0345. The molecule has 0 radical (unpaired) electrons. The van der Waals surface area contributed by atoms with Gasteiger partial charge in [-0.15, -0.1) is 0 Å². The molecular weight excluding hydrogens is 307 g/mol. The van der Waals surface area contributed by atoms with E-state index in [-0.39, 0.29) is 16.7 Å². The molecule has 0 N–H and O–H groups in total. The lowest BCUT2D eigenvalue weighted by Gasteiger charge is -2.19. The number of hydrogen-bond donors (Lipinski definition) is 0. The van der Waals surface area contributed by atoms with Crippen molar-refractivity contribution in [3.63, 3.8) is 0 Å². The van der Waals surface area contributed by atoms with Crippen molar-refractivity contribution in [3.8, 4) is 0 Å². The van der Waals surface area contributed by atoms with Crippen LogP contribution in [0.2, 0.25) is 0 Å². The van der Waals surface area contributed by atoms with Gasteiger partial charge in [-0.2, -0.15) is 13.2 Å². The second-order valence-electron chi connectivity index (χ2n) is 5.41. The van der Waals surface area contributed by atoms with Gasteiger partial charge in [-0.1, -0.05) is 19.9 Å². The molecule has 128 valence electrons. The Morgan fingerprint density at radius 3 is 2.23 bits per heavy atom. The third-order valence-corrected chi connectivity index (χ3v) is 4.02. The van der Waals surface area contributed by atoms with Crippen LogP contribution in [0.3, 0.4) is 0 Å². The average Bonchev–Trinajstić information content (AvgIpc) is 2.38. The van der Waals surface area contributed by atoms with E-state index in [0.29, 0.717) is 6.04 Å². The molecule has 0 fully saturated rings. The summed E-state index contributed by atoms with van der Waals surface area (Å²) in [5, 5.41) is 0. The standard InChI is InChI=1S/C15H22F3NS.C2H6/c1-11-8-13(7-5-6-12(2)19(3)4)10-14(9-11)20-15(16,17)18;1-2/h8-10,12H,5-7H2,1-4H3;1-2H3/t12-;/m0./s1. The van der Waals surface area contributed by atoms with E-state index < -0.39 is 5.51 Å². The Hall–Kier alpha value is -0.680. The predicted octanol–water partition coefficient (Wildman–Crippen LogP) is 5.91. The fraction of sp³-hybridized carbons (Fsp3) is 0.647. The van der Waals surface area contributed by atoms with Crippen molar-refractivity contribution in [2.45, 2.75) is 63.4 Å². The Morgan fingerprint density at radius 1 is 1.14 bits per heavy atom. The number of thioether (sulfide) groups is 1. The van der Waals surface area contributed by atoms with Crippen LogP contribution in [0.5, 0.6) is 0 Å². The molecule has 1 aromatic carbocycles. The first-order valence-corrected chi connectivity index (χ1v) is 8.52. The molecule has 1 rings (SSSR count). The van der Waals surface area contributed by atoms with Crippen LogP contribution >= 0.6 is 11.8 Å². The quantitative estimate of drug-likeness (QED) is 0.595. The molecule has 0 spiro atoms. The average molecular weight is 335 g/mol. The Bertz CT molecular complexity index is 430. The van der Waals surface area contributed by atoms with Gasteiger partial charge in [0.1, 0.15) is 0 Å². The minimum atomic E-state index is -4.22. The molecule has 1 aromatic rings. The van der Waals surface area contributed by atoms with Crippen LogP contribution in [-0.4, -0.2) is 30.5 Å². The molecule has 0 heterocycles. The molecule has 0 amide bonds. The Balaban J connectivity index is 0.00000211. The van der Waals surface area contributed by atoms with Crippen LogP contribution < -0.4 is 0 Å². The van der Waals surface area contributed by atoms with Gasteiger partial charge in [0.25, 0.3) is 0 Å². The van der Waals surface area contributed by atoms with E-state index in [4.69, 9.17) is 0 Å². The summed E-state index contributed by atoms with van der Waals surface area (Å²) >= 11 is -0.0345. The van der Waals surface area contributed by atoms with Crippen LogP contribution in [0.4, 0.5) is 13.2 Å². The van der Waals surface area contributed by atoms with Crippen molar-refractivity contribution in [3.05, 3.63) is 29.3 Å². The topological polar surface area (TPSA) is 3.24 Å². The van der Waals surface area contributed by atoms with Gasteiger partial charge in [-0.05, 0) is 82.2 Å². The lowest BCUT2D eigenvalue weighted by Crippen LogP contribution is -2.24. The molecule has 1 nitrogen and oxygen atoms in total. The number of rotatable bonds is 6. The van der Waals surface area contributed by atoms with E-state index in [1.54, 1.807) is 12.1 Å². The van der Waals surface area contributed by atoms with Crippen molar-refractivity contribution in [1.29, 1.82) is 0 Å². The lowest BCUT2D eigenvalue weighted by atomic mass is 10.0. The molecule has 0 unspecified atom stereocenters. The smallest absolute Gasteiger partial charge is 0.307 e. The molecule has 5 heteroatoms. The van der Waals surface area contributed by atoms with Crippen LogP contribution in [0.1, 0.15) is 44.7 Å². The maximum Gasteiger partial charge on any atom is 0.446 e. The Morgan fingerprint density at radius 2 is 1.73 bits per heavy atom. The van der Waals surface area contributed by atoms with Crippen LogP contribution in [0, 0.1) is 6.92 Å². The van der Waals surface area contributed by atoms with Crippen LogP contribution in [0.15, 0.2) is 23.1 Å². The summed E-state index contributed by atoms with van der Waals surface area (Å²) in [5.41, 5.74) is -2.34. The number of halogens is 3. The maximum absolute atomic E-state index is 12.4. The first-order chi connectivity index (χ1) is 10.2. The van der Waals surface area contributed by atoms with Gasteiger partial charge >= 0.3 is 5.51 Å². The fourth-order valence-electron chi connectivity index (χ4n) is 2.02. The van der Waals surface area contributed by atoms with Crippen molar-refractivity contribution in [1.82, 2.24) is 4.90 Å². The van der Waals surface area contributed by atoms with E-state index in [1.807, 2.05) is 40.9 Å². The molecule has 22 heavy (non-hydrogen) atoms. The number of nitrogens with zero attached hydrogens (tertiary/aromatic N) is 1. The number of hydrogen-bond acceptors (Lipinski definition) is 2. The molecule has 0 aliphatic heterocycles. The normalized spacial score (nSPS) is 12.8. The Kier molecular flexibility index (Phi) is 9.85. The van der Waals surface area contributed by atoms with Crippen molar-refractivity contribution < 1.29 is 13.2 Å². The molecule has 0 aromatic heterocycles. The maximum atomic E-state index is 12.4. The first-order valence-electron chi connectivity index (χ1n) is 7.70. The van der Waals surface area contributed by atoms with Crippen LogP contribution in [0.25, 0.3) is 0 Å². The molecule has 0 aliphatic rings. The Labute approximate surface area is 137 Å². The first kappa shape index (κ1) is 21.3. The molecule has 0 saturated carbocycles. The van der Waals surface area contributed by atoms with Crippen LogP contribution in [-0.2, 0) is 6.42 Å². The predicted molar refractivity (Wildman–Crippen MR) is 90.5 cm³/mol.